The first-order valence-corrected chi connectivity index (χ1v) is 12.5. The molecule has 204 valence electrons. The number of carbonyl (C=O) groups excluding carboxylic acids is 2. The van der Waals surface area contributed by atoms with E-state index in [1.807, 2.05) is 12.1 Å². The van der Waals surface area contributed by atoms with Gasteiger partial charge in [-0.3, -0.25) is 14.4 Å². The summed E-state index contributed by atoms with van der Waals surface area (Å²) >= 11 is 6.34. The van der Waals surface area contributed by atoms with Crippen LogP contribution in [0, 0.1) is 0 Å². The molecule has 1 heterocycles. The minimum Gasteiger partial charge on any atom is -0.478 e. The molecule has 2 aromatic rings. The van der Waals surface area contributed by atoms with Crippen LogP contribution in [0.1, 0.15) is 24.0 Å². The second-order valence-corrected chi connectivity index (χ2v) is 8.91. The number of para-hydroxylation sites is 1. The molecule has 10 heteroatoms. The first kappa shape index (κ1) is 30.6. The van der Waals surface area contributed by atoms with Crippen LogP contribution in [0.4, 0.5) is 11.4 Å². The lowest BCUT2D eigenvalue weighted by Crippen LogP contribution is -2.24. The Morgan fingerprint density at radius 1 is 1.11 bits per heavy atom. The number of benzene rings is 2. The summed E-state index contributed by atoms with van der Waals surface area (Å²) in [6.07, 6.45) is 9.07. The van der Waals surface area contributed by atoms with Crippen molar-refractivity contribution in [3.63, 3.8) is 0 Å². The van der Waals surface area contributed by atoms with Crippen LogP contribution in [-0.4, -0.2) is 62.1 Å². The van der Waals surface area contributed by atoms with E-state index in [2.05, 4.69) is 68.3 Å². The SMILES string of the molecule is CONC(=O)/C=C/CN(C)CCCCN1c2ccccc2CCc2ccc(Cl)cc21.O=CO/C=C\C(=O)O. The molecule has 0 radical (unpaired) electrons. The summed E-state index contributed by atoms with van der Waals surface area (Å²) in [5, 5.41) is 8.64. The Balaban J connectivity index is 0.000000550. The summed E-state index contributed by atoms with van der Waals surface area (Å²) in [6.45, 7) is 2.78. The van der Waals surface area contributed by atoms with E-state index in [1.54, 1.807) is 0 Å². The number of anilines is 2. The highest BCUT2D eigenvalue weighted by atomic mass is 35.5. The number of amides is 1. The van der Waals surface area contributed by atoms with Crippen molar-refractivity contribution < 1.29 is 29.1 Å². The van der Waals surface area contributed by atoms with E-state index >= 15 is 0 Å². The Morgan fingerprint density at radius 2 is 1.84 bits per heavy atom. The van der Waals surface area contributed by atoms with Gasteiger partial charge in [0.15, 0.2) is 0 Å². The van der Waals surface area contributed by atoms with Gasteiger partial charge in [-0.1, -0.05) is 41.9 Å². The van der Waals surface area contributed by atoms with E-state index in [9.17, 15) is 14.4 Å². The van der Waals surface area contributed by atoms with Gasteiger partial charge in [-0.2, -0.15) is 0 Å². The highest BCUT2D eigenvalue weighted by Crippen LogP contribution is 2.37. The molecule has 0 saturated carbocycles. The molecule has 1 aliphatic rings. The fourth-order valence-electron chi connectivity index (χ4n) is 3.97. The zero-order chi connectivity index (χ0) is 27.8. The third kappa shape index (κ3) is 10.8. The predicted molar refractivity (Wildman–Crippen MR) is 147 cm³/mol. The number of halogens is 1. The van der Waals surface area contributed by atoms with Gasteiger partial charge in [-0.05, 0) is 68.6 Å². The van der Waals surface area contributed by atoms with Crippen molar-refractivity contribution >= 4 is 41.3 Å². The summed E-state index contributed by atoms with van der Waals surface area (Å²) in [5.74, 6) is -1.39. The normalized spacial score (nSPS) is 12.4. The van der Waals surface area contributed by atoms with Gasteiger partial charge >= 0.3 is 5.97 Å². The average Bonchev–Trinajstić information content (AvgIpc) is 3.04. The molecule has 0 aliphatic carbocycles. The maximum absolute atomic E-state index is 11.4. The average molecular weight is 544 g/mol. The smallest absolute Gasteiger partial charge is 0.331 e. The predicted octanol–water partition coefficient (Wildman–Crippen LogP) is 4.28. The van der Waals surface area contributed by atoms with Gasteiger partial charge < -0.3 is 19.6 Å². The van der Waals surface area contributed by atoms with Crippen LogP contribution >= 0.6 is 11.6 Å². The van der Waals surface area contributed by atoms with Crippen molar-refractivity contribution in [1.82, 2.24) is 10.4 Å². The highest BCUT2D eigenvalue weighted by molar-refractivity contribution is 6.30. The van der Waals surface area contributed by atoms with Crippen LogP contribution in [0.2, 0.25) is 5.02 Å². The fourth-order valence-corrected chi connectivity index (χ4v) is 4.14. The van der Waals surface area contributed by atoms with Crippen molar-refractivity contribution in [2.75, 3.05) is 38.7 Å². The minimum atomic E-state index is -1.15. The number of hydrogen-bond acceptors (Lipinski definition) is 7. The summed E-state index contributed by atoms with van der Waals surface area (Å²) in [6, 6.07) is 14.9. The van der Waals surface area contributed by atoms with Gasteiger partial charge in [-0.15, -0.1) is 0 Å². The van der Waals surface area contributed by atoms with E-state index < -0.39 is 5.97 Å². The number of rotatable bonds is 12. The summed E-state index contributed by atoms with van der Waals surface area (Å²) in [7, 11) is 3.49. The maximum Gasteiger partial charge on any atom is 0.331 e. The Morgan fingerprint density at radius 3 is 2.55 bits per heavy atom. The Kier molecular flexibility index (Phi) is 13.6. The van der Waals surface area contributed by atoms with Crippen molar-refractivity contribution in [3.05, 3.63) is 83.1 Å². The molecule has 1 aliphatic heterocycles. The van der Waals surface area contributed by atoms with Gasteiger partial charge in [0.05, 0.1) is 13.2 Å². The van der Waals surface area contributed by atoms with Crippen molar-refractivity contribution in [2.24, 2.45) is 0 Å². The van der Waals surface area contributed by atoms with Gasteiger partial charge in [0.2, 0.25) is 0 Å². The number of nitrogens with zero attached hydrogens (tertiary/aromatic N) is 2. The Hall–Kier alpha value is -3.66. The Labute approximate surface area is 228 Å². The van der Waals surface area contributed by atoms with Gasteiger partial charge in [0, 0.05) is 35.6 Å². The monoisotopic (exact) mass is 543 g/mol. The highest BCUT2D eigenvalue weighted by Gasteiger charge is 2.20. The number of hydroxylamine groups is 1. The molecule has 0 saturated heterocycles. The quantitative estimate of drug-likeness (QED) is 0.134. The number of carboxylic acids is 1. The second kappa shape index (κ2) is 17.0. The minimum absolute atomic E-state index is 0.138. The van der Waals surface area contributed by atoms with Crippen LogP contribution in [0.25, 0.3) is 0 Å². The molecular formula is C28H34ClN3O6. The lowest BCUT2D eigenvalue weighted by atomic mass is 10.0. The lowest BCUT2D eigenvalue weighted by molar-refractivity contribution is -0.131. The Bertz CT molecular complexity index is 1120. The van der Waals surface area contributed by atoms with Gasteiger partial charge in [0.25, 0.3) is 12.4 Å². The van der Waals surface area contributed by atoms with Crippen LogP contribution in [0.15, 0.2) is 67.0 Å². The second-order valence-electron chi connectivity index (χ2n) is 8.47. The number of aliphatic carboxylic acids is 1. The fraction of sp³-hybridized carbons (Fsp3) is 0.321. The molecule has 2 N–H and O–H groups in total. The molecule has 0 unspecified atom stereocenters. The standard InChI is InChI=1S/C24H30ClN3O2.C4H4O4/c1-27(16-7-10-24(29)26-30-2)15-5-6-17-28-22-9-4-3-8-19(22)11-12-20-13-14-21(25)18-23(20)28;5-3-8-2-1-4(6)7/h3-4,7-10,13-14,18H,5-6,11-12,15-17H2,1-2H3,(H,26,29);1-3H,(H,6,7)/b10-7+;2-1-. The van der Waals surface area contributed by atoms with Crippen molar-refractivity contribution in [1.29, 1.82) is 0 Å². The molecule has 0 aromatic heterocycles. The summed E-state index contributed by atoms with van der Waals surface area (Å²) < 4.78 is 3.90. The topological polar surface area (TPSA) is 108 Å². The maximum atomic E-state index is 11.4. The third-order valence-electron chi connectivity index (χ3n) is 5.69. The van der Waals surface area contributed by atoms with Crippen LogP contribution < -0.4 is 10.4 Å². The van der Waals surface area contributed by atoms with E-state index in [4.69, 9.17) is 16.7 Å². The number of fused-ring (bicyclic) bond motifs is 2. The molecule has 38 heavy (non-hydrogen) atoms. The van der Waals surface area contributed by atoms with E-state index in [-0.39, 0.29) is 12.4 Å². The number of hydrogen-bond donors (Lipinski definition) is 2. The molecule has 9 nitrogen and oxygen atoms in total. The largest absolute Gasteiger partial charge is 0.478 e. The lowest BCUT2D eigenvalue weighted by Gasteiger charge is -2.27. The number of aryl methyl sites for hydroxylation is 2. The molecule has 1 amide bonds. The number of nitrogens with one attached hydrogen (secondary N) is 1. The summed E-state index contributed by atoms with van der Waals surface area (Å²) in [5.41, 5.74) is 7.54. The number of carbonyl (C=O) groups is 3. The zero-order valence-corrected chi connectivity index (χ0v) is 22.4. The van der Waals surface area contributed by atoms with E-state index in [1.165, 1.54) is 35.7 Å². The third-order valence-corrected chi connectivity index (χ3v) is 5.92. The number of carboxylic acid groups (broad SMARTS) is 1. The van der Waals surface area contributed by atoms with Crippen LogP contribution in [0.3, 0.4) is 0 Å². The molecular weight excluding hydrogens is 510 g/mol. The van der Waals surface area contributed by atoms with E-state index in [0.29, 0.717) is 6.08 Å². The summed E-state index contributed by atoms with van der Waals surface area (Å²) in [4.78, 5) is 39.5. The van der Waals surface area contributed by atoms with Crippen molar-refractivity contribution in [3.8, 4) is 0 Å². The number of unbranched alkanes of at least 4 members (excludes halogenated alkanes) is 1. The molecule has 0 fully saturated rings. The first-order chi connectivity index (χ1) is 18.3. The molecule has 2 aromatic carbocycles. The van der Waals surface area contributed by atoms with Crippen LogP contribution in [0.5, 0.6) is 0 Å². The van der Waals surface area contributed by atoms with E-state index in [0.717, 1.165) is 56.6 Å². The number of likely N-dealkylation sites (N-methyl/N-ethyl adjacent to an activating group) is 1. The van der Waals surface area contributed by atoms with Gasteiger partial charge in [0.1, 0.15) is 6.26 Å². The number of ether oxygens (including phenoxy) is 1. The van der Waals surface area contributed by atoms with Gasteiger partial charge in [-0.25, -0.2) is 10.3 Å². The van der Waals surface area contributed by atoms with Crippen molar-refractivity contribution in [2.45, 2.75) is 25.7 Å². The zero-order valence-electron chi connectivity index (χ0n) is 21.6. The first-order valence-electron chi connectivity index (χ1n) is 12.2. The molecule has 3 rings (SSSR count). The molecule has 0 atom stereocenters. The van der Waals surface area contributed by atoms with Crippen LogP contribution in [-0.2, 0) is 36.8 Å². The molecule has 0 spiro atoms. The molecule has 0 bridgehead atoms.